The van der Waals surface area contributed by atoms with Crippen LogP contribution < -0.4 is 5.73 Å². The summed E-state index contributed by atoms with van der Waals surface area (Å²) < 4.78 is 0. The normalized spacial score (nSPS) is 44.1. The molecule has 1 aliphatic heterocycles. The molecular formula is C12H23NS. The molecule has 0 radical (unpaired) electrons. The Hall–Kier alpha value is 0.310. The van der Waals surface area contributed by atoms with E-state index in [1.165, 1.54) is 37.2 Å². The summed E-state index contributed by atoms with van der Waals surface area (Å²) in [6.07, 6.45) is 5.72. The van der Waals surface area contributed by atoms with Gasteiger partial charge in [-0.3, -0.25) is 0 Å². The van der Waals surface area contributed by atoms with Crippen molar-refractivity contribution in [3.63, 3.8) is 0 Å². The van der Waals surface area contributed by atoms with Crippen molar-refractivity contribution < 1.29 is 0 Å². The zero-order valence-electron chi connectivity index (χ0n) is 9.24. The Bertz CT molecular complexity index is 175. The molecule has 2 rings (SSSR count). The van der Waals surface area contributed by atoms with Crippen molar-refractivity contribution >= 4 is 11.8 Å². The predicted molar refractivity (Wildman–Crippen MR) is 64.5 cm³/mol. The van der Waals surface area contributed by atoms with Crippen LogP contribution in [-0.4, -0.2) is 18.1 Å². The highest BCUT2D eigenvalue weighted by molar-refractivity contribution is 7.99. The topological polar surface area (TPSA) is 26.0 Å². The van der Waals surface area contributed by atoms with Gasteiger partial charge in [-0.25, -0.2) is 0 Å². The van der Waals surface area contributed by atoms with Gasteiger partial charge >= 0.3 is 0 Å². The molecule has 2 aliphatic rings. The molecule has 2 N–H and O–H groups in total. The van der Waals surface area contributed by atoms with Crippen LogP contribution in [-0.2, 0) is 0 Å². The zero-order chi connectivity index (χ0) is 9.97. The molecule has 4 atom stereocenters. The fourth-order valence-electron chi connectivity index (χ4n) is 3.25. The first-order chi connectivity index (χ1) is 6.81. The van der Waals surface area contributed by atoms with Gasteiger partial charge in [0.05, 0.1) is 0 Å². The maximum Gasteiger partial charge on any atom is -0.00361 e. The SMILES string of the molecule is CC1CCC(CN)C(C2CCSC2)C1. The third-order valence-electron chi connectivity index (χ3n) is 4.18. The molecule has 1 aliphatic carbocycles. The number of rotatable bonds is 2. The molecule has 0 aromatic carbocycles. The van der Waals surface area contributed by atoms with Crippen LogP contribution in [0.1, 0.15) is 32.6 Å². The second-order valence-electron chi connectivity index (χ2n) is 5.20. The van der Waals surface area contributed by atoms with Crippen LogP contribution >= 0.6 is 11.8 Å². The first-order valence-electron chi connectivity index (χ1n) is 6.09. The van der Waals surface area contributed by atoms with E-state index in [9.17, 15) is 0 Å². The van der Waals surface area contributed by atoms with Gasteiger partial charge in [0, 0.05) is 0 Å². The van der Waals surface area contributed by atoms with Crippen LogP contribution in [0.4, 0.5) is 0 Å². The molecule has 1 heterocycles. The van der Waals surface area contributed by atoms with Crippen LogP contribution in [0.15, 0.2) is 0 Å². The fourth-order valence-corrected chi connectivity index (χ4v) is 4.60. The Labute approximate surface area is 92.2 Å². The minimum atomic E-state index is 0.842. The van der Waals surface area contributed by atoms with Gasteiger partial charge in [0.2, 0.25) is 0 Å². The number of hydrogen-bond donors (Lipinski definition) is 1. The van der Waals surface area contributed by atoms with Crippen LogP contribution in [0.25, 0.3) is 0 Å². The number of nitrogens with two attached hydrogens (primary N) is 1. The maximum atomic E-state index is 5.90. The standard InChI is InChI=1S/C12H23NS/c1-9-2-3-10(7-13)12(6-9)11-4-5-14-8-11/h9-12H,2-8,13H2,1H3. The molecule has 1 nitrogen and oxygen atoms in total. The van der Waals surface area contributed by atoms with Crippen LogP contribution in [0.3, 0.4) is 0 Å². The van der Waals surface area contributed by atoms with Crippen molar-refractivity contribution in [1.29, 1.82) is 0 Å². The highest BCUT2D eigenvalue weighted by atomic mass is 32.2. The Kier molecular flexibility index (Phi) is 3.78. The van der Waals surface area contributed by atoms with Gasteiger partial charge in [0.25, 0.3) is 0 Å². The second kappa shape index (κ2) is 4.89. The molecule has 14 heavy (non-hydrogen) atoms. The Morgan fingerprint density at radius 2 is 2.14 bits per heavy atom. The van der Waals surface area contributed by atoms with Crippen molar-refractivity contribution in [3.05, 3.63) is 0 Å². The Balaban J connectivity index is 1.96. The van der Waals surface area contributed by atoms with E-state index in [1.807, 2.05) is 0 Å². The third kappa shape index (κ3) is 2.27. The number of thioether (sulfide) groups is 1. The summed E-state index contributed by atoms with van der Waals surface area (Å²) >= 11 is 2.15. The quantitative estimate of drug-likeness (QED) is 0.763. The van der Waals surface area contributed by atoms with Gasteiger partial charge in [-0.2, -0.15) is 11.8 Å². The number of hydrogen-bond acceptors (Lipinski definition) is 2. The van der Waals surface area contributed by atoms with E-state index in [4.69, 9.17) is 5.73 Å². The monoisotopic (exact) mass is 213 g/mol. The Morgan fingerprint density at radius 1 is 1.29 bits per heavy atom. The average Bonchev–Trinajstić information content (AvgIpc) is 2.70. The van der Waals surface area contributed by atoms with Gasteiger partial charge in [-0.05, 0) is 61.0 Å². The zero-order valence-corrected chi connectivity index (χ0v) is 10.1. The van der Waals surface area contributed by atoms with E-state index in [0.717, 1.165) is 30.2 Å². The van der Waals surface area contributed by atoms with Gasteiger partial charge in [0.15, 0.2) is 0 Å². The van der Waals surface area contributed by atoms with E-state index < -0.39 is 0 Å². The molecule has 4 unspecified atom stereocenters. The first kappa shape index (κ1) is 10.8. The van der Waals surface area contributed by atoms with Gasteiger partial charge < -0.3 is 5.73 Å². The highest BCUT2D eigenvalue weighted by Crippen LogP contribution is 2.42. The molecule has 0 amide bonds. The minimum Gasteiger partial charge on any atom is -0.330 e. The van der Waals surface area contributed by atoms with E-state index in [-0.39, 0.29) is 0 Å². The van der Waals surface area contributed by atoms with Crippen LogP contribution in [0.5, 0.6) is 0 Å². The fraction of sp³-hybridized carbons (Fsp3) is 1.00. The van der Waals surface area contributed by atoms with Crippen LogP contribution in [0.2, 0.25) is 0 Å². The van der Waals surface area contributed by atoms with E-state index in [2.05, 4.69) is 18.7 Å². The highest BCUT2D eigenvalue weighted by Gasteiger charge is 2.34. The van der Waals surface area contributed by atoms with Crippen molar-refractivity contribution in [2.24, 2.45) is 29.4 Å². The lowest BCUT2D eigenvalue weighted by Crippen LogP contribution is -2.34. The van der Waals surface area contributed by atoms with E-state index >= 15 is 0 Å². The summed E-state index contributed by atoms with van der Waals surface area (Å²) in [4.78, 5) is 0. The molecule has 1 saturated carbocycles. The van der Waals surface area contributed by atoms with Crippen molar-refractivity contribution in [1.82, 2.24) is 0 Å². The second-order valence-corrected chi connectivity index (χ2v) is 6.35. The smallest absolute Gasteiger partial charge is 0.00361 e. The molecule has 0 spiro atoms. The third-order valence-corrected chi connectivity index (χ3v) is 5.37. The van der Waals surface area contributed by atoms with E-state index in [1.54, 1.807) is 0 Å². The summed E-state index contributed by atoms with van der Waals surface area (Å²) in [6.45, 7) is 3.35. The lowest BCUT2D eigenvalue weighted by atomic mass is 9.69. The van der Waals surface area contributed by atoms with Crippen molar-refractivity contribution in [2.45, 2.75) is 32.6 Å². The summed E-state index contributed by atoms with van der Waals surface area (Å²) in [5.41, 5.74) is 5.90. The summed E-state index contributed by atoms with van der Waals surface area (Å²) in [5, 5.41) is 0. The molecule has 0 aromatic rings. The Morgan fingerprint density at radius 3 is 2.79 bits per heavy atom. The van der Waals surface area contributed by atoms with E-state index in [0.29, 0.717) is 0 Å². The van der Waals surface area contributed by atoms with Gasteiger partial charge in [-0.15, -0.1) is 0 Å². The average molecular weight is 213 g/mol. The molecule has 82 valence electrons. The lowest BCUT2D eigenvalue weighted by molar-refractivity contribution is 0.142. The predicted octanol–water partition coefficient (Wildman–Crippen LogP) is 2.75. The maximum absolute atomic E-state index is 5.90. The molecule has 2 fully saturated rings. The molecule has 2 heteroatoms. The molecule has 0 bridgehead atoms. The van der Waals surface area contributed by atoms with Gasteiger partial charge in [-0.1, -0.05) is 13.3 Å². The molecule has 1 saturated heterocycles. The summed E-state index contributed by atoms with van der Waals surface area (Å²) in [5.74, 6) is 6.55. The lowest BCUT2D eigenvalue weighted by Gasteiger charge is -2.37. The molecule has 0 aromatic heterocycles. The largest absolute Gasteiger partial charge is 0.330 e. The summed E-state index contributed by atoms with van der Waals surface area (Å²) in [6, 6.07) is 0. The first-order valence-corrected chi connectivity index (χ1v) is 7.24. The van der Waals surface area contributed by atoms with Crippen molar-refractivity contribution in [3.8, 4) is 0 Å². The molecular weight excluding hydrogens is 190 g/mol. The minimum absolute atomic E-state index is 0.842. The van der Waals surface area contributed by atoms with Crippen molar-refractivity contribution in [2.75, 3.05) is 18.1 Å². The van der Waals surface area contributed by atoms with Crippen LogP contribution in [0, 0.1) is 23.7 Å². The van der Waals surface area contributed by atoms with Gasteiger partial charge in [0.1, 0.15) is 0 Å². The summed E-state index contributed by atoms with van der Waals surface area (Å²) in [7, 11) is 0.